The predicted molar refractivity (Wildman–Crippen MR) is 69.5 cm³/mol. The van der Waals surface area contributed by atoms with Crippen molar-refractivity contribution in [3.8, 4) is 0 Å². The smallest absolute Gasteiger partial charge is 0.166 e. The van der Waals surface area contributed by atoms with E-state index in [1.54, 1.807) is 0 Å². The van der Waals surface area contributed by atoms with E-state index in [9.17, 15) is 0 Å². The van der Waals surface area contributed by atoms with Crippen LogP contribution >= 0.6 is 12.2 Å². The SMILES string of the molecule is S=C1NCC(Cc2c[nH]c3ccccc23)N1. The van der Waals surface area contributed by atoms with Gasteiger partial charge in [-0.2, -0.15) is 0 Å². The van der Waals surface area contributed by atoms with Crippen LogP contribution in [0.15, 0.2) is 30.5 Å². The number of aromatic amines is 1. The lowest BCUT2D eigenvalue weighted by Gasteiger charge is -2.07. The lowest BCUT2D eigenvalue weighted by atomic mass is 10.1. The van der Waals surface area contributed by atoms with Crippen LogP contribution in [-0.2, 0) is 6.42 Å². The molecular formula is C12H13N3S. The molecule has 2 heterocycles. The molecule has 3 rings (SSSR count). The maximum Gasteiger partial charge on any atom is 0.166 e. The van der Waals surface area contributed by atoms with Crippen LogP contribution < -0.4 is 10.6 Å². The molecule has 0 bridgehead atoms. The molecule has 3 N–H and O–H groups in total. The average molecular weight is 231 g/mol. The lowest BCUT2D eigenvalue weighted by molar-refractivity contribution is 0.655. The van der Waals surface area contributed by atoms with Crippen LogP contribution in [0.2, 0.25) is 0 Å². The highest BCUT2D eigenvalue weighted by atomic mass is 32.1. The van der Waals surface area contributed by atoms with Crippen molar-refractivity contribution in [2.75, 3.05) is 6.54 Å². The fourth-order valence-electron chi connectivity index (χ4n) is 2.19. The van der Waals surface area contributed by atoms with Crippen LogP contribution in [-0.4, -0.2) is 22.7 Å². The first-order valence-corrected chi connectivity index (χ1v) is 5.83. The Morgan fingerprint density at radius 1 is 1.31 bits per heavy atom. The predicted octanol–water partition coefficient (Wildman–Crippen LogP) is 1.56. The Balaban J connectivity index is 1.86. The highest BCUT2D eigenvalue weighted by Gasteiger charge is 2.18. The van der Waals surface area contributed by atoms with Gasteiger partial charge in [0.15, 0.2) is 5.11 Å². The van der Waals surface area contributed by atoms with Crippen molar-refractivity contribution in [2.45, 2.75) is 12.5 Å². The molecule has 1 fully saturated rings. The maximum absolute atomic E-state index is 5.06. The Morgan fingerprint density at radius 2 is 2.19 bits per heavy atom. The zero-order valence-electron chi connectivity index (χ0n) is 8.79. The van der Waals surface area contributed by atoms with Gasteiger partial charge in [0.25, 0.3) is 0 Å². The second kappa shape index (κ2) is 3.79. The summed E-state index contributed by atoms with van der Waals surface area (Å²) in [6, 6.07) is 8.79. The molecule has 1 aromatic heterocycles. The Bertz CT molecular complexity index is 532. The van der Waals surface area contributed by atoms with E-state index in [1.165, 1.54) is 16.5 Å². The van der Waals surface area contributed by atoms with Crippen molar-refractivity contribution < 1.29 is 0 Å². The molecule has 3 nitrogen and oxygen atoms in total. The first kappa shape index (κ1) is 9.66. The van der Waals surface area contributed by atoms with Crippen LogP contribution in [0.3, 0.4) is 0 Å². The molecule has 1 saturated heterocycles. The van der Waals surface area contributed by atoms with Gasteiger partial charge in [-0.25, -0.2) is 0 Å². The van der Waals surface area contributed by atoms with Crippen LogP contribution in [0.4, 0.5) is 0 Å². The first-order valence-electron chi connectivity index (χ1n) is 5.42. The quantitative estimate of drug-likeness (QED) is 0.687. The number of thiocarbonyl (C=S) groups is 1. The van der Waals surface area contributed by atoms with Crippen molar-refractivity contribution in [1.82, 2.24) is 15.6 Å². The van der Waals surface area contributed by atoms with Gasteiger partial charge in [0.2, 0.25) is 0 Å². The first-order chi connectivity index (χ1) is 7.83. The zero-order valence-corrected chi connectivity index (χ0v) is 9.60. The number of hydrogen-bond acceptors (Lipinski definition) is 1. The molecule has 0 saturated carbocycles. The molecule has 1 aliphatic heterocycles. The van der Waals surface area contributed by atoms with Gasteiger partial charge in [-0.15, -0.1) is 0 Å². The third-order valence-corrected chi connectivity index (χ3v) is 3.25. The molecule has 2 aromatic rings. The summed E-state index contributed by atoms with van der Waals surface area (Å²) in [6.07, 6.45) is 3.09. The Morgan fingerprint density at radius 3 is 3.00 bits per heavy atom. The minimum absolute atomic E-state index is 0.409. The van der Waals surface area contributed by atoms with Gasteiger partial charge in [0.1, 0.15) is 0 Å². The van der Waals surface area contributed by atoms with Crippen molar-refractivity contribution in [3.05, 3.63) is 36.0 Å². The monoisotopic (exact) mass is 231 g/mol. The minimum atomic E-state index is 0.409. The third kappa shape index (κ3) is 1.65. The molecule has 0 spiro atoms. The number of H-pyrrole nitrogens is 1. The van der Waals surface area contributed by atoms with Crippen LogP contribution in [0.25, 0.3) is 10.9 Å². The largest absolute Gasteiger partial charge is 0.361 e. The van der Waals surface area contributed by atoms with Gasteiger partial charge in [-0.05, 0) is 30.3 Å². The summed E-state index contributed by atoms with van der Waals surface area (Å²) in [5.41, 5.74) is 2.55. The topological polar surface area (TPSA) is 39.9 Å². The average Bonchev–Trinajstić information content (AvgIpc) is 2.87. The minimum Gasteiger partial charge on any atom is -0.361 e. The van der Waals surface area contributed by atoms with Gasteiger partial charge in [-0.1, -0.05) is 18.2 Å². The summed E-state index contributed by atoms with van der Waals surface area (Å²) >= 11 is 5.06. The molecule has 82 valence electrons. The van der Waals surface area contributed by atoms with Crippen molar-refractivity contribution in [1.29, 1.82) is 0 Å². The van der Waals surface area contributed by atoms with Gasteiger partial charge in [-0.3, -0.25) is 0 Å². The van der Waals surface area contributed by atoms with E-state index in [0.717, 1.165) is 18.1 Å². The molecular weight excluding hydrogens is 218 g/mol. The van der Waals surface area contributed by atoms with Gasteiger partial charge in [0.05, 0.1) is 0 Å². The molecule has 1 atom stereocenters. The van der Waals surface area contributed by atoms with E-state index in [2.05, 4.69) is 40.0 Å². The third-order valence-electron chi connectivity index (χ3n) is 2.99. The van der Waals surface area contributed by atoms with Crippen LogP contribution in [0.5, 0.6) is 0 Å². The van der Waals surface area contributed by atoms with Crippen molar-refractivity contribution >= 4 is 28.2 Å². The summed E-state index contributed by atoms with van der Waals surface area (Å²) in [7, 11) is 0. The van der Waals surface area contributed by atoms with Crippen LogP contribution in [0, 0.1) is 0 Å². The van der Waals surface area contributed by atoms with E-state index in [-0.39, 0.29) is 0 Å². The Hall–Kier alpha value is -1.55. The highest BCUT2D eigenvalue weighted by molar-refractivity contribution is 7.80. The zero-order chi connectivity index (χ0) is 11.0. The fourth-order valence-corrected chi connectivity index (χ4v) is 2.44. The van der Waals surface area contributed by atoms with Gasteiger partial charge >= 0.3 is 0 Å². The van der Waals surface area contributed by atoms with E-state index in [0.29, 0.717) is 6.04 Å². The standard InChI is InChI=1S/C12H13N3S/c16-12-14-7-9(15-12)5-8-6-13-11-4-2-1-3-10(8)11/h1-4,6,9,13H,5,7H2,(H2,14,15,16). The number of benzene rings is 1. The van der Waals surface area contributed by atoms with E-state index in [1.807, 2.05) is 6.07 Å². The van der Waals surface area contributed by atoms with E-state index in [4.69, 9.17) is 12.2 Å². The summed E-state index contributed by atoms with van der Waals surface area (Å²) in [4.78, 5) is 3.29. The van der Waals surface area contributed by atoms with E-state index < -0.39 is 0 Å². The number of fused-ring (bicyclic) bond motifs is 1. The van der Waals surface area contributed by atoms with Crippen molar-refractivity contribution in [3.63, 3.8) is 0 Å². The second-order valence-electron chi connectivity index (χ2n) is 4.11. The van der Waals surface area contributed by atoms with Crippen LogP contribution in [0.1, 0.15) is 5.56 Å². The highest BCUT2D eigenvalue weighted by Crippen LogP contribution is 2.19. The summed E-state index contributed by atoms with van der Waals surface area (Å²) in [5.74, 6) is 0. The number of aromatic nitrogens is 1. The number of hydrogen-bond donors (Lipinski definition) is 3. The molecule has 0 radical (unpaired) electrons. The summed E-state index contributed by atoms with van der Waals surface area (Å²) in [5, 5.41) is 8.48. The molecule has 4 heteroatoms. The maximum atomic E-state index is 5.06. The molecule has 0 aliphatic carbocycles. The number of para-hydroxylation sites is 1. The number of nitrogens with one attached hydrogen (secondary N) is 3. The molecule has 1 unspecified atom stereocenters. The molecule has 16 heavy (non-hydrogen) atoms. The van der Waals surface area contributed by atoms with Crippen molar-refractivity contribution in [2.24, 2.45) is 0 Å². The summed E-state index contributed by atoms with van der Waals surface area (Å²) in [6.45, 7) is 0.915. The van der Waals surface area contributed by atoms with Gasteiger partial charge in [0, 0.05) is 29.7 Å². The fraction of sp³-hybridized carbons (Fsp3) is 0.250. The lowest BCUT2D eigenvalue weighted by Crippen LogP contribution is -2.28. The Kier molecular flexibility index (Phi) is 2.29. The normalized spacial score (nSPS) is 19.8. The summed E-state index contributed by atoms with van der Waals surface area (Å²) < 4.78 is 0. The molecule has 1 aromatic carbocycles. The van der Waals surface area contributed by atoms with Gasteiger partial charge < -0.3 is 15.6 Å². The number of rotatable bonds is 2. The Labute approximate surface area is 99.2 Å². The van der Waals surface area contributed by atoms with E-state index >= 15 is 0 Å². The molecule has 1 aliphatic rings. The second-order valence-corrected chi connectivity index (χ2v) is 4.52. The molecule has 0 amide bonds.